The molecular weight excluding hydrogens is 208 g/mol. The van der Waals surface area contributed by atoms with Crippen molar-refractivity contribution in [1.29, 1.82) is 0 Å². The standard InChI is InChI=1S/C10H16N4S/c1-3-11-8-6-9(12-7-4-5-7)14-10(13-8)15-2/h6-7H,3-5H2,1-2H3,(H2,11,12,13,14). The van der Waals surface area contributed by atoms with Crippen LogP contribution < -0.4 is 10.6 Å². The summed E-state index contributed by atoms with van der Waals surface area (Å²) in [5.41, 5.74) is 0. The van der Waals surface area contributed by atoms with E-state index in [1.165, 1.54) is 12.8 Å². The van der Waals surface area contributed by atoms with Gasteiger partial charge in [-0.3, -0.25) is 0 Å². The van der Waals surface area contributed by atoms with Crippen molar-refractivity contribution in [2.45, 2.75) is 31.0 Å². The SMILES string of the molecule is CCNc1cc(NC2CC2)nc(SC)n1. The summed E-state index contributed by atoms with van der Waals surface area (Å²) in [6.07, 6.45) is 4.51. The molecule has 1 fully saturated rings. The Morgan fingerprint density at radius 1 is 1.40 bits per heavy atom. The second-order valence-electron chi connectivity index (χ2n) is 3.57. The molecule has 0 saturated heterocycles. The van der Waals surface area contributed by atoms with Crippen molar-refractivity contribution in [3.63, 3.8) is 0 Å². The van der Waals surface area contributed by atoms with E-state index >= 15 is 0 Å². The molecule has 0 bridgehead atoms. The molecule has 4 nitrogen and oxygen atoms in total. The molecule has 2 rings (SSSR count). The highest BCUT2D eigenvalue weighted by Gasteiger charge is 2.21. The van der Waals surface area contributed by atoms with Crippen molar-refractivity contribution in [3.05, 3.63) is 6.07 Å². The molecule has 1 aliphatic rings. The highest BCUT2D eigenvalue weighted by atomic mass is 32.2. The maximum atomic E-state index is 4.42. The number of aromatic nitrogens is 2. The second kappa shape index (κ2) is 4.70. The van der Waals surface area contributed by atoms with Gasteiger partial charge >= 0.3 is 0 Å². The third-order valence-corrected chi connectivity index (χ3v) is 2.72. The summed E-state index contributed by atoms with van der Waals surface area (Å²) in [6, 6.07) is 2.60. The second-order valence-corrected chi connectivity index (χ2v) is 4.35. The molecule has 15 heavy (non-hydrogen) atoms. The smallest absolute Gasteiger partial charge is 0.191 e. The summed E-state index contributed by atoms with van der Waals surface area (Å²) < 4.78 is 0. The van der Waals surface area contributed by atoms with Gasteiger partial charge in [-0.1, -0.05) is 11.8 Å². The Morgan fingerprint density at radius 2 is 2.13 bits per heavy atom. The number of thioether (sulfide) groups is 1. The monoisotopic (exact) mass is 224 g/mol. The molecule has 1 aromatic heterocycles. The Kier molecular flexibility index (Phi) is 3.30. The normalized spacial score (nSPS) is 15.1. The van der Waals surface area contributed by atoms with Crippen LogP contribution in [-0.2, 0) is 0 Å². The molecule has 0 atom stereocenters. The van der Waals surface area contributed by atoms with Crippen molar-refractivity contribution in [3.8, 4) is 0 Å². The summed E-state index contributed by atoms with van der Waals surface area (Å²) in [4.78, 5) is 8.79. The molecule has 0 amide bonds. The highest BCUT2D eigenvalue weighted by molar-refractivity contribution is 7.98. The largest absolute Gasteiger partial charge is 0.370 e. The van der Waals surface area contributed by atoms with Gasteiger partial charge in [0.05, 0.1) is 0 Å². The number of nitrogens with zero attached hydrogens (tertiary/aromatic N) is 2. The van der Waals surface area contributed by atoms with Gasteiger partial charge in [0.2, 0.25) is 0 Å². The van der Waals surface area contributed by atoms with Crippen LogP contribution in [0.2, 0.25) is 0 Å². The fourth-order valence-electron chi connectivity index (χ4n) is 1.30. The van der Waals surface area contributed by atoms with E-state index in [0.717, 1.165) is 23.3 Å². The first-order valence-corrected chi connectivity index (χ1v) is 6.47. The topological polar surface area (TPSA) is 49.8 Å². The van der Waals surface area contributed by atoms with Gasteiger partial charge in [-0.15, -0.1) is 0 Å². The minimum absolute atomic E-state index is 0.629. The van der Waals surface area contributed by atoms with Crippen LogP contribution in [0.25, 0.3) is 0 Å². The Hall–Kier alpha value is -0.970. The van der Waals surface area contributed by atoms with Gasteiger partial charge in [-0.05, 0) is 26.0 Å². The lowest BCUT2D eigenvalue weighted by molar-refractivity contribution is 0.949. The number of nitrogens with one attached hydrogen (secondary N) is 2. The summed E-state index contributed by atoms with van der Waals surface area (Å²) in [6.45, 7) is 2.95. The van der Waals surface area contributed by atoms with Crippen LogP contribution >= 0.6 is 11.8 Å². The summed E-state index contributed by atoms with van der Waals surface area (Å²) >= 11 is 1.57. The molecule has 0 aromatic carbocycles. The molecular formula is C10H16N4S. The zero-order chi connectivity index (χ0) is 10.7. The van der Waals surface area contributed by atoms with Crippen molar-refractivity contribution in [2.24, 2.45) is 0 Å². The maximum absolute atomic E-state index is 4.42. The van der Waals surface area contributed by atoms with Crippen molar-refractivity contribution in [2.75, 3.05) is 23.4 Å². The summed E-state index contributed by atoms with van der Waals surface area (Å²) in [5.74, 6) is 1.84. The van der Waals surface area contributed by atoms with E-state index < -0.39 is 0 Å². The minimum atomic E-state index is 0.629. The maximum Gasteiger partial charge on any atom is 0.191 e. The van der Waals surface area contributed by atoms with Gasteiger partial charge in [-0.2, -0.15) is 0 Å². The summed E-state index contributed by atoms with van der Waals surface area (Å²) in [5, 5.41) is 7.41. The van der Waals surface area contributed by atoms with Crippen LogP contribution in [-0.4, -0.2) is 28.8 Å². The Morgan fingerprint density at radius 3 is 2.73 bits per heavy atom. The van der Waals surface area contributed by atoms with Gasteiger partial charge in [0.1, 0.15) is 11.6 Å². The van der Waals surface area contributed by atoms with E-state index in [1.54, 1.807) is 11.8 Å². The first-order valence-electron chi connectivity index (χ1n) is 5.25. The zero-order valence-electron chi connectivity index (χ0n) is 9.08. The number of rotatable bonds is 5. The van der Waals surface area contributed by atoms with E-state index in [4.69, 9.17) is 0 Å². The van der Waals surface area contributed by atoms with E-state index in [2.05, 4.69) is 27.5 Å². The lowest BCUT2D eigenvalue weighted by atomic mass is 10.5. The van der Waals surface area contributed by atoms with Gasteiger partial charge < -0.3 is 10.6 Å². The predicted octanol–water partition coefficient (Wildman–Crippen LogP) is 2.20. The molecule has 0 radical (unpaired) electrons. The molecule has 0 unspecified atom stereocenters. The van der Waals surface area contributed by atoms with Gasteiger partial charge in [0.25, 0.3) is 0 Å². The minimum Gasteiger partial charge on any atom is -0.370 e. The van der Waals surface area contributed by atoms with E-state index in [-0.39, 0.29) is 0 Å². The van der Waals surface area contributed by atoms with Crippen LogP contribution in [0.3, 0.4) is 0 Å². The van der Waals surface area contributed by atoms with Crippen LogP contribution in [0.1, 0.15) is 19.8 Å². The lowest BCUT2D eigenvalue weighted by Gasteiger charge is -2.08. The van der Waals surface area contributed by atoms with Gasteiger partial charge in [-0.25, -0.2) is 9.97 Å². The van der Waals surface area contributed by atoms with Crippen molar-refractivity contribution >= 4 is 23.4 Å². The Labute approximate surface area is 94.3 Å². The van der Waals surface area contributed by atoms with E-state index in [9.17, 15) is 0 Å². The van der Waals surface area contributed by atoms with E-state index in [0.29, 0.717) is 6.04 Å². The Balaban J connectivity index is 2.15. The lowest BCUT2D eigenvalue weighted by Crippen LogP contribution is -2.07. The molecule has 0 aliphatic heterocycles. The molecule has 5 heteroatoms. The fraction of sp³-hybridized carbons (Fsp3) is 0.600. The molecule has 1 aromatic rings. The fourth-order valence-corrected chi connectivity index (χ4v) is 1.68. The molecule has 2 N–H and O–H groups in total. The molecule has 1 heterocycles. The molecule has 82 valence electrons. The van der Waals surface area contributed by atoms with E-state index in [1.807, 2.05) is 12.3 Å². The first-order chi connectivity index (χ1) is 7.31. The molecule has 1 aliphatic carbocycles. The van der Waals surface area contributed by atoms with Crippen LogP contribution in [0.4, 0.5) is 11.6 Å². The van der Waals surface area contributed by atoms with Crippen LogP contribution in [0, 0.1) is 0 Å². The number of anilines is 2. The van der Waals surface area contributed by atoms with Gasteiger partial charge in [0.15, 0.2) is 5.16 Å². The predicted molar refractivity (Wildman–Crippen MR) is 64.6 cm³/mol. The Bertz CT molecular complexity index is 338. The number of hydrogen-bond acceptors (Lipinski definition) is 5. The zero-order valence-corrected chi connectivity index (χ0v) is 9.90. The average Bonchev–Trinajstić information content (AvgIpc) is 3.02. The molecule has 0 spiro atoms. The third kappa shape index (κ3) is 2.99. The molecule has 1 saturated carbocycles. The average molecular weight is 224 g/mol. The summed E-state index contributed by atoms with van der Waals surface area (Å²) in [7, 11) is 0. The van der Waals surface area contributed by atoms with Gasteiger partial charge in [0, 0.05) is 18.7 Å². The highest BCUT2D eigenvalue weighted by Crippen LogP contribution is 2.25. The quantitative estimate of drug-likeness (QED) is 0.593. The van der Waals surface area contributed by atoms with Crippen molar-refractivity contribution in [1.82, 2.24) is 9.97 Å². The third-order valence-electron chi connectivity index (χ3n) is 2.18. The van der Waals surface area contributed by atoms with Crippen molar-refractivity contribution < 1.29 is 0 Å². The first kappa shape index (κ1) is 10.5. The van der Waals surface area contributed by atoms with Crippen LogP contribution in [0.5, 0.6) is 0 Å². The van der Waals surface area contributed by atoms with Crippen LogP contribution in [0.15, 0.2) is 11.2 Å². The number of hydrogen-bond donors (Lipinski definition) is 2.